The first-order valence-electron chi connectivity index (χ1n) is 8.05. The molecule has 2 aromatic heterocycles. The number of nitrogens with zero attached hydrogens (tertiary/aromatic N) is 1. The number of H-pyrrole nitrogens is 1. The van der Waals surface area contributed by atoms with E-state index in [1.54, 1.807) is 24.3 Å². The van der Waals surface area contributed by atoms with Gasteiger partial charge in [0.25, 0.3) is 5.56 Å². The van der Waals surface area contributed by atoms with E-state index in [0.29, 0.717) is 16.6 Å². The molecule has 0 aliphatic rings. The molecule has 2 N–H and O–H groups in total. The van der Waals surface area contributed by atoms with E-state index >= 15 is 0 Å². The topological polar surface area (TPSA) is 84.0 Å². The zero-order chi connectivity index (χ0) is 18.8. The van der Waals surface area contributed by atoms with Crippen molar-refractivity contribution < 1.29 is 9.59 Å². The summed E-state index contributed by atoms with van der Waals surface area (Å²) in [6, 6.07) is 8.48. The van der Waals surface area contributed by atoms with Crippen LogP contribution in [-0.4, -0.2) is 21.2 Å². The highest BCUT2D eigenvalue weighted by molar-refractivity contribution is 7.71. The molecule has 3 aromatic rings. The van der Waals surface area contributed by atoms with Gasteiger partial charge in [-0.15, -0.1) is 11.3 Å². The minimum atomic E-state index is -0.391. The van der Waals surface area contributed by atoms with Gasteiger partial charge in [-0.05, 0) is 43.8 Å². The first-order chi connectivity index (χ1) is 12.4. The Labute approximate surface area is 158 Å². The van der Waals surface area contributed by atoms with Crippen molar-refractivity contribution in [1.82, 2.24) is 9.55 Å². The standard InChI is InChI=1S/C18H17N3O3S2/c1-3-13-8-14-16(26-13)20-18(25)21(17(14)24)9-15(23)19-12-6-4-5-11(7-12)10(2)22/h4-8H,3,9H2,1-2H3,(H,19,23)(H,20,25). The molecule has 6 nitrogen and oxygen atoms in total. The Balaban J connectivity index is 1.87. The van der Waals surface area contributed by atoms with Crippen LogP contribution in [-0.2, 0) is 17.8 Å². The molecule has 8 heteroatoms. The second-order valence-corrected chi connectivity index (χ2v) is 7.34. The second-order valence-electron chi connectivity index (χ2n) is 5.82. The van der Waals surface area contributed by atoms with Crippen LogP contribution < -0.4 is 10.9 Å². The fourth-order valence-electron chi connectivity index (χ4n) is 2.57. The molecule has 0 saturated heterocycles. The van der Waals surface area contributed by atoms with Crippen LogP contribution in [0.25, 0.3) is 10.2 Å². The van der Waals surface area contributed by atoms with Crippen molar-refractivity contribution in [1.29, 1.82) is 0 Å². The van der Waals surface area contributed by atoms with Crippen molar-refractivity contribution in [3.63, 3.8) is 0 Å². The summed E-state index contributed by atoms with van der Waals surface area (Å²) in [4.78, 5) is 41.3. The number of anilines is 1. The van der Waals surface area contributed by atoms with E-state index in [1.807, 2.05) is 13.0 Å². The summed E-state index contributed by atoms with van der Waals surface area (Å²) in [6.45, 7) is 3.27. The number of hydrogen-bond donors (Lipinski definition) is 2. The molecule has 0 spiro atoms. The first-order valence-corrected chi connectivity index (χ1v) is 9.28. The Morgan fingerprint density at radius 1 is 1.31 bits per heavy atom. The maximum atomic E-state index is 12.7. The molecule has 0 radical (unpaired) electrons. The summed E-state index contributed by atoms with van der Waals surface area (Å²) in [7, 11) is 0. The third-order valence-electron chi connectivity index (χ3n) is 3.93. The van der Waals surface area contributed by atoms with Crippen LogP contribution in [0.15, 0.2) is 35.1 Å². The number of benzene rings is 1. The monoisotopic (exact) mass is 387 g/mol. The van der Waals surface area contributed by atoms with E-state index in [9.17, 15) is 14.4 Å². The number of ketones is 1. The number of rotatable bonds is 5. The van der Waals surface area contributed by atoms with Crippen LogP contribution >= 0.6 is 23.6 Å². The van der Waals surface area contributed by atoms with Crippen LogP contribution in [0.2, 0.25) is 0 Å². The molecular weight excluding hydrogens is 370 g/mol. The highest BCUT2D eigenvalue weighted by Crippen LogP contribution is 2.21. The molecule has 0 fully saturated rings. The van der Waals surface area contributed by atoms with Crippen LogP contribution in [0.3, 0.4) is 0 Å². The van der Waals surface area contributed by atoms with Crippen molar-refractivity contribution in [2.24, 2.45) is 0 Å². The molecule has 0 bridgehead atoms. The average molecular weight is 387 g/mol. The fourth-order valence-corrected chi connectivity index (χ4v) is 3.88. The third-order valence-corrected chi connectivity index (χ3v) is 5.44. The van der Waals surface area contributed by atoms with E-state index in [0.717, 1.165) is 16.1 Å². The molecule has 0 aliphatic carbocycles. The number of aromatic nitrogens is 2. The number of carbonyl (C=O) groups is 2. The lowest BCUT2D eigenvalue weighted by molar-refractivity contribution is -0.116. The molecule has 0 atom stereocenters. The van der Waals surface area contributed by atoms with Crippen LogP contribution in [0, 0.1) is 4.77 Å². The SMILES string of the molecule is CCc1cc2c(=O)n(CC(=O)Nc3cccc(C(C)=O)c3)c(=S)[nH]c2s1. The summed E-state index contributed by atoms with van der Waals surface area (Å²) in [5, 5.41) is 3.23. The predicted octanol–water partition coefficient (Wildman–Crippen LogP) is 3.52. The van der Waals surface area contributed by atoms with Crippen LogP contribution in [0.5, 0.6) is 0 Å². The molecule has 1 amide bonds. The highest BCUT2D eigenvalue weighted by Gasteiger charge is 2.12. The molecular formula is C18H17N3O3S2. The van der Waals surface area contributed by atoms with Crippen molar-refractivity contribution >= 4 is 51.1 Å². The Hall–Kier alpha value is -2.58. The molecule has 0 unspecified atom stereocenters. The molecule has 0 saturated carbocycles. The molecule has 1 aromatic carbocycles. The maximum Gasteiger partial charge on any atom is 0.263 e. The minimum absolute atomic E-state index is 0.0885. The number of hydrogen-bond acceptors (Lipinski definition) is 5. The van der Waals surface area contributed by atoms with E-state index in [4.69, 9.17) is 12.2 Å². The number of fused-ring (bicyclic) bond motifs is 1. The van der Waals surface area contributed by atoms with Gasteiger partial charge < -0.3 is 10.3 Å². The lowest BCUT2D eigenvalue weighted by atomic mass is 10.1. The van der Waals surface area contributed by atoms with E-state index in [-0.39, 0.29) is 22.7 Å². The summed E-state index contributed by atoms with van der Waals surface area (Å²) >= 11 is 6.73. The smallest absolute Gasteiger partial charge is 0.263 e. The summed E-state index contributed by atoms with van der Waals surface area (Å²) in [6.07, 6.45) is 0.826. The third kappa shape index (κ3) is 3.66. The van der Waals surface area contributed by atoms with Gasteiger partial charge >= 0.3 is 0 Å². The first kappa shape index (κ1) is 18.2. The average Bonchev–Trinajstić information content (AvgIpc) is 3.02. The highest BCUT2D eigenvalue weighted by atomic mass is 32.1. The number of nitrogens with one attached hydrogen (secondary N) is 2. The van der Waals surface area contributed by atoms with Crippen LogP contribution in [0.1, 0.15) is 29.1 Å². The molecule has 3 rings (SSSR count). The van der Waals surface area contributed by atoms with Crippen molar-refractivity contribution in [3.8, 4) is 0 Å². The Kier molecular flexibility index (Phi) is 5.15. The lowest BCUT2D eigenvalue weighted by Crippen LogP contribution is -2.28. The second kappa shape index (κ2) is 7.35. The zero-order valence-electron chi connectivity index (χ0n) is 14.3. The zero-order valence-corrected chi connectivity index (χ0v) is 15.9. The number of aromatic amines is 1. The summed E-state index contributed by atoms with van der Waals surface area (Å²) in [5.74, 6) is -0.480. The van der Waals surface area contributed by atoms with Gasteiger partial charge in [0.05, 0.1) is 5.39 Å². The van der Waals surface area contributed by atoms with E-state index in [2.05, 4.69) is 10.3 Å². The van der Waals surface area contributed by atoms with Gasteiger partial charge in [-0.3, -0.25) is 19.0 Å². The number of Topliss-reactive ketones (excluding diaryl/α,β-unsaturated/α-hetero) is 1. The number of carbonyl (C=O) groups excluding carboxylic acids is 2. The maximum absolute atomic E-state index is 12.7. The molecule has 134 valence electrons. The Morgan fingerprint density at radius 2 is 2.08 bits per heavy atom. The lowest BCUT2D eigenvalue weighted by Gasteiger charge is -2.08. The van der Waals surface area contributed by atoms with Gasteiger partial charge in [-0.1, -0.05) is 19.1 Å². The quantitative estimate of drug-likeness (QED) is 0.518. The van der Waals surface area contributed by atoms with Crippen molar-refractivity contribution in [2.75, 3.05) is 5.32 Å². The van der Waals surface area contributed by atoms with Gasteiger partial charge in [-0.2, -0.15) is 0 Å². The van der Waals surface area contributed by atoms with Crippen molar-refractivity contribution in [3.05, 3.63) is 55.9 Å². The van der Waals surface area contributed by atoms with Gasteiger partial charge in [-0.25, -0.2) is 0 Å². The summed E-state index contributed by atoms with van der Waals surface area (Å²) in [5.41, 5.74) is 0.715. The predicted molar refractivity (Wildman–Crippen MR) is 106 cm³/mol. The van der Waals surface area contributed by atoms with E-state index in [1.165, 1.54) is 22.8 Å². The number of amides is 1. The van der Waals surface area contributed by atoms with Gasteiger partial charge in [0, 0.05) is 16.1 Å². The van der Waals surface area contributed by atoms with Gasteiger partial charge in [0.15, 0.2) is 10.6 Å². The number of aryl methyl sites for hydroxylation is 1. The van der Waals surface area contributed by atoms with Crippen LogP contribution in [0.4, 0.5) is 5.69 Å². The minimum Gasteiger partial charge on any atom is -0.325 e. The van der Waals surface area contributed by atoms with E-state index < -0.39 is 5.91 Å². The Morgan fingerprint density at radius 3 is 2.77 bits per heavy atom. The fraction of sp³-hybridized carbons (Fsp3) is 0.222. The Bertz CT molecular complexity index is 1120. The molecule has 0 aliphatic heterocycles. The summed E-state index contributed by atoms with van der Waals surface area (Å²) < 4.78 is 1.45. The van der Waals surface area contributed by atoms with Crippen molar-refractivity contribution in [2.45, 2.75) is 26.8 Å². The molecule has 26 heavy (non-hydrogen) atoms. The largest absolute Gasteiger partial charge is 0.325 e. The number of thiophene rings is 1. The molecule has 2 heterocycles. The van der Waals surface area contributed by atoms with Gasteiger partial charge in [0.1, 0.15) is 11.4 Å². The normalized spacial score (nSPS) is 10.8. The van der Waals surface area contributed by atoms with Gasteiger partial charge in [0.2, 0.25) is 5.91 Å².